The van der Waals surface area contributed by atoms with Crippen molar-refractivity contribution in [3.8, 4) is 11.5 Å². The van der Waals surface area contributed by atoms with Gasteiger partial charge in [-0.25, -0.2) is 4.79 Å². The molecule has 0 aliphatic rings. The highest BCUT2D eigenvalue weighted by Gasteiger charge is 2.09. The molecule has 0 unspecified atom stereocenters. The van der Waals surface area contributed by atoms with Gasteiger partial charge in [-0.15, -0.1) is 0 Å². The molecule has 0 saturated heterocycles. The molecule has 0 bridgehead atoms. The van der Waals surface area contributed by atoms with E-state index in [-0.39, 0.29) is 17.6 Å². The Morgan fingerprint density at radius 3 is 2.48 bits per heavy atom. The second kappa shape index (κ2) is 9.95. The summed E-state index contributed by atoms with van der Waals surface area (Å²) in [4.78, 5) is 27.9. The Morgan fingerprint density at radius 2 is 1.77 bits per heavy atom. The lowest BCUT2D eigenvalue weighted by Gasteiger charge is -2.12. The number of aromatic nitrogens is 1. The van der Waals surface area contributed by atoms with Crippen molar-refractivity contribution >= 4 is 29.2 Å². The van der Waals surface area contributed by atoms with Crippen LogP contribution in [0.15, 0.2) is 54.7 Å². The third kappa shape index (κ3) is 5.96. The van der Waals surface area contributed by atoms with E-state index in [1.165, 1.54) is 6.20 Å². The molecule has 7 nitrogen and oxygen atoms in total. The van der Waals surface area contributed by atoms with E-state index in [1.807, 2.05) is 38.1 Å². The normalized spacial score (nSPS) is 10.3. The van der Waals surface area contributed by atoms with Crippen LogP contribution in [0.4, 0.5) is 10.5 Å². The van der Waals surface area contributed by atoms with E-state index in [9.17, 15) is 9.59 Å². The fraction of sp³-hybridized carbons (Fsp3) is 0.174. The molecular formula is C23H23ClN4O3. The van der Waals surface area contributed by atoms with Crippen molar-refractivity contribution in [2.45, 2.75) is 20.4 Å². The van der Waals surface area contributed by atoms with Crippen LogP contribution in [0.1, 0.15) is 27.2 Å². The topological polar surface area (TPSA) is 92.4 Å². The Kier molecular flexibility index (Phi) is 7.10. The average molecular weight is 439 g/mol. The Hall–Kier alpha value is -3.58. The molecule has 0 aliphatic heterocycles. The minimum absolute atomic E-state index is 0.276. The highest BCUT2D eigenvalue weighted by molar-refractivity contribution is 6.31. The third-order valence-corrected chi connectivity index (χ3v) is 5.02. The Bertz CT molecular complexity index is 1120. The summed E-state index contributed by atoms with van der Waals surface area (Å²) in [5.41, 5.74) is 3.75. The number of urea groups is 1. The van der Waals surface area contributed by atoms with Crippen molar-refractivity contribution in [2.75, 3.05) is 12.4 Å². The van der Waals surface area contributed by atoms with Crippen molar-refractivity contribution in [1.82, 2.24) is 15.6 Å². The van der Waals surface area contributed by atoms with Crippen molar-refractivity contribution in [2.24, 2.45) is 0 Å². The maximum atomic E-state index is 12.2. The van der Waals surface area contributed by atoms with Crippen LogP contribution < -0.4 is 20.7 Å². The molecule has 31 heavy (non-hydrogen) atoms. The fourth-order valence-corrected chi connectivity index (χ4v) is 3.00. The second-order valence-corrected chi connectivity index (χ2v) is 7.33. The molecule has 0 fully saturated rings. The van der Waals surface area contributed by atoms with Crippen LogP contribution in [0.5, 0.6) is 11.5 Å². The summed E-state index contributed by atoms with van der Waals surface area (Å²) in [7, 11) is 1.55. The van der Waals surface area contributed by atoms with Gasteiger partial charge >= 0.3 is 6.03 Å². The van der Waals surface area contributed by atoms with Crippen LogP contribution >= 0.6 is 11.6 Å². The van der Waals surface area contributed by atoms with Gasteiger partial charge < -0.3 is 20.7 Å². The summed E-state index contributed by atoms with van der Waals surface area (Å²) < 4.78 is 5.84. The van der Waals surface area contributed by atoms with E-state index in [2.05, 4.69) is 20.9 Å². The number of hydrogen-bond donors (Lipinski definition) is 3. The lowest BCUT2D eigenvalue weighted by molar-refractivity contribution is 0.0958. The lowest BCUT2D eigenvalue weighted by Crippen LogP contribution is -2.28. The molecule has 0 aliphatic carbocycles. The average Bonchev–Trinajstić information content (AvgIpc) is 2.75. The lowest BCUT2D eigenvalue weighted by atomic mass is 10.1. The first-order chi connectivity index (χ1) is 14.9. The standard InChI is InChI=1S/C23H23ClN4O3/c1-14-4-6-17(11-20(14)24)28-23(30)27-13-16-5-7-18(10-15(16)2)31-19-8-9-26-21(12-19)22(29)25-3/h4-12H,13H2,1-3H3,(H,25,29)(H2,27,28,30). The summed E-state index contributed by atoms with van der Waals surface area (Å²) in [5.74, 6) is 0.846. The zero-order chi connectivity index (χ0) is 22.4. The summed E-state index contributed by atoms with van der Waals surface area (Å²) in [6.45, 7) is 4.19. The molecule has 0 atom stereocenters. The Morgan fingerprint density at radius 1 is 1.00 bits per heavy atom. The number of ether oxygens (including phenoxy) is 1. The highest BCUT2D eigenvalue weighted by Crippen LogP contribution is 2.24. The van der Waals surface area contributed by atoms with Gasteiger partial charge in [0.05, 0.1) is 0 Å². The molecule has 160 valence electrons. The molecule has 3 N–H and O–H groups in total. The first-order valence-corrected chi connectivity index (χ1v) is 10.00. The Balaban J connectivity index is 1.60. The van der Waals surface area contributed by atoms with E-state index in [1.54, 1.807) is 31.3 Å². The summed E-state index contributed by atoms with van der Waals surface area (Å²) in [6.07, 6.45) is 1.52. The summed E-state index contributed by atoms with van der Waals surface area (Å²) in [5, 5.41) is 8.72. The van der Waals surface area contributed by atoms with Crippen LogP contribution in [-0.2, 0) is 6.54 Å². The fourth-order valence-electron chi connectivity index (χ4n) is 2.81. The predicted molar refractivity (Wildman–Crippen MR) is 121 cm³/mol. The first kappa shape index (κ1) is 22.1. The number of hydrogen-bond acceptors (Lipinski definition) is 4. The third-order valence-electron chi connectivity index (χ3n) is 4.61. The van der Waals surface area contributed by atoms with Gasteiger partial charge in [0.1, 0.15) is 17.2 Å². The molecule has 0 spiro atoms. The SMILES string of the molecule is CNC(=O)c1cc(Oc2ccc(CNC(=O)Nc3ccc(C)c(Cl)c3)c(C)c2)ccn1. The van der Waals surface area contributed by atoms with Crippen LogP contribution in [0, 0.1) is 13.8 Å². The minimum atomic E-state index is -0.321. The number of anilines is 1. The van der Waals surface area contributed by atoms with Crippen LogP contribution in [0.3, 0.4) is 0 Å². The number of carbonyl (C=O) groups excluding carboxylic acids is 2. The van der Waals surface area contributed by atoms with Gasteiger partial charge in [-0.1, -0.05) is 23.7 Å². The summed E-state index contributed by atoms with van der Waals surface area (Å²) >= 11 is 6.09. The molecule has 8 heteroatoms. The van der Waals surface area contributed by atoms with E-state index in [4.69, 9.17) is 16.3 Å². The molecule has 1 heterocycles. The quantitative estimate of drug-likeness (QED) is 0.514. The molecule has 2 aromatic carbocycles. The molecule has 0 saturated carbocycles. The van der Waals surface area contributed by atoms with Crippen molar-refractivity contribution in [3.63, 3.8) is 0 Å². The van der Waals surface area contributed by atoms with E-state index >= 15 is 0 Å². The van der Waals surface area contributed by atoms with Crippen LogP contribution in [0.2, 0.25) is 5.02 Å². The van der Waals surface area contributed by atoms with Gasteiger partial charge in [-0.05, 0) is 60.9 Å². The smallest absolute Gasteiger partial charge is 0.319 e. The number of aryl methyl sites for hydroxylation is 2. The highest BCUT2D eigenvalue weighted by atomic mass is 35.5. The number of nitrogens with zero attached hydrogens (tertiary/aromatic N) is 1. The van der Waals surface area contributed by atoms with E-state index in [0.717, 1.165) is 16.7 Å². The van der Waals surface area contributed by atoms with Gasteiger partial charge in [0.2, 0.25) is 0 Å². The number of benzene rings is 2. The van der Waals surface area contributed by atoms with Gasteiger partial charge in [0.15, 0.2) is 0 Å². The van der Waals surface area contributed by atoms with Crippen molar-refractivity contribution in [3.05, 3.63) is 82.1 Å². The molecular weight excluding hydrogens is 416 g/mol. The number of nitrogens with one attached hydrogen (secondary N) is 3. The van der Waals surface area contributed by atoms with Gasteiger partial charge in [-0.2, -0.15) is 0 Å². The largest absolute Gasteiger partial charge is 0.457 e. The van der Waals surface area contributed by atoms with E-state index in [0.29, 0.717) is 28.8 Å². The van der Waals surface area contributed by atoms with Crippen molar-refractivity contribution in [1.29, 1.82) is 0 Å². The van der Waals surface area contributed by atoms with Gasteiger partial charge in [0, 0.05) is 36.6 Å². The zero-order valence-electron chi connectivity index (χ0n) is 17.5. The number of amides is 3. The van der Waals surface area contributed by atoms with Crippen molar-refractivity contribution < 1.29 is 14.3 Å². The van der Waals surface area contributed by atoms with Crippen LogP contribution in [-0.4, -0.2) is 24.0 Å². The Labute approximate surface area is 185 Å². The minimum Gasteiger partial charge on any atom is -0.457 e. The molecule has 3 aromatic rings. The number of carbonyl (C=O) groups is 2. The maximum absolute atomic E-state index is 12.2. The van der Waals surface area contributed by atoms with Gasteiger partial charge in [-0.3, -0.25) is 9.78 Å². The monoisotopic (exact) mass is 438 g/mol. The summed E-state index contributed by atoms with van der Waals surface area (Å²) in [6, 6.07) is 13.9. The zero-order valence-corrected chi connectivity index (χ0v) is 18.2. The first-order valence-electron chi connectivity index (χ1n) is 9.62. The molecule has 3 rings (SSSR count). The number of pyridine rings is 1. The number of halogens is 1. The second-order valence-electron chi connectivity index (χ2n) is 6.92. The maximum Gasteiger partial charge on any atom is 0.319 e. The molecule has 1 aromatic heterocycles. The molecule has 3 amide bonds. The van der Waals surface area contributed by atoms with E-state index < -0.39 is 0 Å². The number of rotatable bonds is 6. The predicted octanol–water partition coefficient (Wildman–Crippen LogP) is 4.83. The molecule has 0 radical (unpaired) electrons. The van der Waals surface area contributed by atoms with Gasteiger partial charge in [0.25, 0.3) is 5.91 Å². The van der Waals surface area contributed by atoms with Crippen LogP contribution in [0.25, 0.3) is 0 Å².